The fourth-order valence-corrected chi connectivity index (χ4v) is 2.04. The fourth-order valence-electron chi connectivity index (χ4n) is 2.04. The summed E-state index contributed by atoms with van der Waals surface area (Å²) in [6, 6.07) is 7.23. The lowest BCUT2D eigenvalue weighted by Crippen LogP contribution is -2.14. The quantitative estimate of drug-likeness (QED) is 0.698. The average Bonchev–Trinajstić information content (AvgIpc) is 2.87. The van der Waals surface area contributed by atoms with Gasteiger partial charge in [-0.1, -0.05) is 17.3 Å². The van der Waals surface area contributed by atoms with Crippen molar-refractivity contribution in [2.24, 2.45) is 5.73 Å². The van der Waals surface area contributed by atoms with Crippen molar-refractivity contribution in [3.63, 3.8) is 0 Å². The molecule has 1 aromatic carbocycles. The Morgan fingerprint density at radius 2 is 2.15 bits per heavy atom. The predicted molar refractivity (Wildman–Crippen MR) is 74.2 cm³/mol. The number of rotatable bonds is 4. The van der Waals surface area contributed by atoms with Crippen LogP contribution in [0.1, 0.15) is 11.5 Å². The number of hydrogen-bond acceptors (Lipinski definition) is 5. The number of nitrogens with zero attached hydrogens (tertiary/aromatic N) is 4. The Balaban J connectivity index is 1.92. The maximum Gasteiger partial charge on any atom is 0.258 e. The van der Waals surface area contributed by atoms with Crippen molar-refractivity contribution in [1.29, 1.82) is 0 Å². The molecule has 2 aromatic heterocycles. The molecule has 20 heavy (non-hydrogen) atoms. The van der Waals surface area contributed by atoms with Gasteiger partial charge in [0.2, 0.25) is 0 Å². The van der Waals surface area contributed by atoms with Crippen LogP contribution >= 0.6 is 0 Å². The molecule has 3 rings (SSSR count). The van der Waals surface area contributed by atoms with Crippen molar-refractivity contribution in [3.05, 3.63) is 52.3 Å². The molecular weight excluding hydrogens is 256 g/mol. The average molecular weight is 270 g/mol. The van der Waals surface area contributed by atoms with Crippen LogP contribution in [0.15, 0.2) is 35.3 Å². The first-order valence-corrected chi connectivity index (χ1v) is 6.33. The van der Waals surface area contributed by atoms with E-state index >= 15 is 0 Å². The van der Waals surface area contributed by atoms with Gasteiger partial charge in [-0.25, -0.2) is 9.67 Å². The smallest absolute Gasteiger partial charge is 0.258 e. The van der Waals surface area contributed by atoms with E-state index in [2.05, 4.69) is 20.3 Å². The van der Waals surface area contributed by atoms with Gasteiger partial charge in [-0.05, 0) is 18.7 Å². The van der Waals surface area contributed by atoms with Gasteiger partial charge < -0.3 is 10.7 Å². The van der Waals surface area contributed by atoms with Gasteiger partial charge >= 0.3 is 0 Å². The van der Waals surface area contributed by atoms with Crippen LogP contribution < -0.4 is 11.3 Å². The summed E-state index contributed by atoms with van der Waals surface area (Å²) in [4.78, 5) is 19.1. The second kappa shape index (κ2) is 5.22. The van der Waals surface area contributed by atoms with E-state index in [4.69, 9.17) is 5.73 Å². The third-order valence-electron chi connectivity index (χ3n) is 2.96. The highest BCUT2D eigenvalue weighted by Gasteiger charge is 2.05. The molecule has 0 atom stereocenters. The number of nitrogens with two attached hydrogens (primary N) is 1. The van der Waals surface area contributed by atoms with Gasteiger partial charge in [0.1, 0.15) is 12.4 Å². The summed E-state index contributed by atoms with van der Waals surface area (Å²) in [5, 5.41) is 8.57. The summed E-state index contributed by atoms with van der Waals surface area (Å²) in [5.41, 5.74) is 6.83. The lowest BCUT2D eigenvalue weighted by atomic mass is 10.2. The highest BCUT2D eigenvalue weighted by molar-refractivity contribution is 5.77. The molecule has 0 radical (unpaired) electrons. The van der Waals surface area contributed by atoms with Crippen LogP contribution in [-0.2, 0) is 13.0 Å². The second-order valence-electron chi connectivity index (χ2n) is 4.48. The van der Waals surface area contributed by atoms with Gasteiger partial charge in [-0.15, -0.1) is 5.10 Å². The SMILES string of the molecule is NCCc1cn(Cc2nc3ccccc3c(=O)[nH]2)nn1. The first-order valence-electron chi connectivity index (χ1n) is 6.33. The van der Waals surface area contributed by atoms with Gasteiger partial charge in [0.25, 0.3) is 5.56 Å². The molecule has 3 N–H and O–H groups in total. The maximum absolute atomic E-state index is 11.9. The molecule has 2 heterocycles. The molecule has 0 aliphatic heterocycles. The molecule has 102 valence electrons. The zero-order chi connectivity index (χ0) is 13.9. The molecule has 0 unspecified atom stereocenters. The summed E-state index contributed by atoms with van der Waals surface area (Å²) in [6.45, 7) is 0.904. The number of benzene rings is 1. The number of fused-ring (bicyclic) bond motifs is 1. The van der Waals surface area contributed by atoms with E-state index in [0.717, 1.165) is 5.69 Å². The maximum atomic E-state index is 11.9. The van der Waals surface area contributed by atoms with Crippen LogP contribution in [0.5, 0.6) is 0 Å². The van der Waals surface area contributed by atoms with Crippen LogP contribution in [-0.4, -0.2) is 31.5 Å². The highest BCUT2D eigenvalue weighted by Crippen LogP contribution is 2.06. The zero-order valence-corrected chi connectivity index (χ0v) is 10.8. The summed E-state index contributed by atoms with van der Waals surface area (Å²) < 4.78 is 1.64. The lowest BCUT2D eigenvalue weighted by molar-refractivity contribution is 0.625. The van der Waals surface area contributed by atoms with Crippen LogP contribution in [0.3, 0.4) is 0 Å². The van der Waals surface area contributed by atoms with E-state index in [-0.39, 0.29) is 5.56 Å². The Labute approximate surface area is 114 Å². The normalized spacial score (nSPS) is 11.1. The van der Waals surface area contributed by atoms with Crippen molar-refractivity contribution >= 4 is 10.9 Å². The van der Waals surface area contributed by atoms with E-state index in [9.17, 15) is 4.79 Å². The Bertz CT molecular complexity index is 791. The highest BCUT2D eigenvalue weighted by atomic mass is 16.1. The Morgan fingerprint density at radius 3 is 3.00 bits per heavy atom. The summed E-state index contributed by atoms with van der Waals surface area (Å²) in [7, 11) is 0. The van der Waals surface area contributed by atoms with Gasteiger partial charge in [-0.3, -0.25) is 4.79 Å². The Kier molecular flexibility index (Phi) is 3.26. The van der Waals surface area contributed by atoms with Gasteiger partial charge in [0.15, 0.2) is 0 Å². The molecular formula is C13H14N6O. The van der Waals surface area contributed by atoms with E-state index in [0.29, 0.717) is 36.2 Å². The Morgan fingerprint density at radius 1 is 1.30 bits per heavy atom. The molecule has 0 saturated heterocycles. The van der Waals surface area contributed by atoms with Gasteiger partial charge in [0, 0.05) is 12.6 Å². The van der Waals surface area contributed by atoms with E-state index in [1.165, 1.54) is 0 Å². The number of para-hydroxylation sites is 1. The third-order valence-corrected chi connectivity index (χ3v) is 2.96. The third kappa shape index (κ3) is 2.43. The van der Waals surface area contributed by atoms with Crippen LogP contribution in [0.2, 0.25) is 0 Å². The molecule has 3 aromatic rings. The van der Waals surface area contributed by atoms with Crippen molar-refractivity contribution in [3.8, 4) is 0 Å². The van der Waals surface area contributed by atoms with Crippen molar-refractivity contribution in [1.82, 2.24) is 25.0 Å². The number of H-pyrrole nitrogens is 1. The fraction of sp³-hybridized carbons (Fsp3) is 0.231. The van der Waals surface area contributed by atoms with Crippen LogP contribution in [0.25, 0.3) is 10.9 Å². The number of hydrogen-bond donors (Lipinski definition) is 2. The first kappa shape index (κ1) is 12.5. The van der Waals surface area contributed by atoms with Gasteiger partial charge in [-0.2, -0.15) is 0 Å². The molecule has 0 aliphatic carbocycles. The van der Waals surface area contributed by atoms with Crippen molar-refractivity contribution < 1.29 is 0 Å². The van der Waals surface area contributed by atoms with E-state index < -0.39 is 0 Å². The first-order chi connectivity index (χ1) is 9.76. The zero-order valence-electron chi connectivity index (χ0n) is 10.8. The molecule has 0 bridgehead atoms. The van der Waals surface area contributed by atoms with Crippen molar-refractivity contribution in [2.75, 3.05) is 6.54 Å². The summed E-state index contributed by atoms with van der Waals surface area (Å²) in [6.07, 6.45) is 2.49. The largest absolute Gasteiger partial charge is 0.330 e. The molecule has 0 saturated carbocycles. The Hall–Kier alpha value is -2.54. The molecule has 0 amide bonds. The van der Waals surface area contributed by atoms with E-state index in [1.807, 2.05) is 24.4 Å². The van der Waals surface area contributed by atoms with Crippen LogP contribution in [0, 0.1) is 0 Å². The van der Waals surface area contributed by atoms with Crippen molar-refractivity contribution in [2.45, 2.75) is 13.0 Å². The molecule has 7 nitrogen and oxygen atoms in total. The van der Waals surface area contributed by atoms with Gasteiger partial charge in [0.05, 0.1) is 16.6 Å². The number of aromatic nitrogens is 5. The molecule has 0 aliphatic rings. The molecule has 7 heteroatoms. The monoisotopic (exact) mass is 270 g/mol. The lowest BCUT2D eigenvalue weighted by Gasteiger charge is -2.02. The minimum absolute atomic E-state index is 0.145. The predicted octanol–water partition coefficient (Wildman–Crippen LogP) is 0.0641. The summed E-state index contributed by atoms with van der Waals surface area (Å²) >= 11 is 0. The number of nitrogens with one attached hydrogen (secondary N) is 1. The summed E-state index contributed by atoms with van der Waals surface area (Å²) in [5.74, 6) is 0.554. The topological polar surface area (TPSA) is 102 Å². The van der Waals surface area contributed by atoms with E-state index in [1.54, 1.807) is 10.7 Å². The minimum Gasteiger partial charge on any atom is -0.330 e. The number of aromatic amines is 1. The van der Waals surface area contributed by atoms with Crippen LogP contribution in [0.4, 0.5) is 0 Å². The second-order valence-corrected chi connectivity index (χ2v) is 4.48. The standard InChI is InChI=1S/C13H14N6O/c14-6-5-9-7-19(18-17-9)8-12-15-11-4-2-1-3-10(11)13(20)16-12/h1-4,7H,5-6,8,14H2,(H,15,16,20). The minimum atomic E-state index is -0.145. The molecule has 0 fully saturated rings. The molecule has 0 spiro atoms.